The molecule has 0 radical (unpaired) electrons. The number of hydrogen-bond donors (Lipinski definition) is 2. The van der Waals surface area contributed by atoms with Crippen LogP contribution in [-0.2, 0) is 10.0 Å². The summed E-state index contributed by atoms with van der Waals surface area (Å²) in [4.78, 5) is 0.0203. The highest BCUT2D eigenvalue weighted by Crippen LogP contribution is 2.28. The quantitative estimate of drug-likeness (QED) is 0.751. The van der Waals surface area contributed by atoms with Gasteiger partial charge in [-0.15, -0.1) is 0 Å². The van der Waals surface area contributed by atoms with Gasteiger partial charge in [0.25, 0.3) is 0 Å². The number of rotatable bonds is 4. The summed E-state index contributed by atoms with van der Waals surface area (Å²) >= 11 is 4.73. The van der Waals surface area contributed by atoms with Crippen LogP contribution in [-0.4, -0.2) is 24.2 Å². The lowest BCUT2D eigenvalue weighted by Crippen LogP contribution is -2.51. The molecule has 0 amide bonds. The van der Waals surface area contributed by atoms with E-state index in [0.29, 0.717) is 0 Å². The first-order valence-electron chi connectivity index (χ1n) is 5.59. The van der Waals surface area contributed by atoms with Gasteiger partial charge in [-0.1, -0.05) is 31.5 Å². The van der Waals surface area contributed by atoms with Crippen molar-refractivity contribution in [2.24, 2.45) is 5.73 Å². The van der Waals surface area contributed by atoms with Crippen molar-refractivity contribution < 1.29 is 8.42 Å². The van der Waals surface area contributed by atoms with Crippen LogP contribution in [0.15, 0.2) is 0 Å². The SMILES string of the molecule is CC(C(N)=S)S(=O)(=O)NC1(C)CCCCC1. The molecular weight excluding hydrogens is 244 g/mol. The lowest BCUT2D eigenvalue weighted by atomic mass is 9.84. The minimum atomic E-state index is -3.43. The van der Waals surface area contributed by atoms with Crippen molar-refractivity contribution in [3.05, 3.63) is 0 Å². The Labute approximate surface area is 103 Å². The van der Waals surface area contributed by atoms with Crippen LogP contribution in [0.1, 0.15) is 46.0 Å². The Bertz CT molecular complexity index is 359. The first-order valence-corrected chi connectivity index (χ1v) is 7.54. The van der Waals surface area contributed by atoms with E-state index in [2.05, 4.69) is 4.72 Å². The molecule has 1 atom stereocenters. The zero-order valence-corrected chi connectivity index (χ0v) is 11.5. The van der Waals surface area contributed by atoms with Crippen molar-refractivity contribution in [2.75, 3.05) is 0 Å². The molecule has 0 aromatic heterocycles. The van der Waals surface area contributed by atoms with E-state index in [4.69, 9.17) is 18.0 Å². The predicted molar refractivity (Wildman–Crippen MR) is 69.8 cm³/mol. The fourth-order valence-electron chi connectivity index (χ4n) is 2.02. The summed E-state index contributed by atoms with van der Waals surface area (Å²) in [5.74, 6) is 0. The molecule has 1 unspecified atom stereocenters. The normalized spacial score (nSPS) is 22.6. The van der Waals surface area contributed by atoms with Gasteiger partial charge in [0.05, 0.1) is 4.99 Å². The molecule has 1 aliphatic rings. The van der Waals surface area contributed by atoms with Gasteiger partial charge in [-0.2, -0.15) is 0 Å². The number of nitrogens with one attached hydrogen (secondary N) is 1. The van der Waals surface area contributed by atoms with E-state index in [1.165, 1.54) is 13.3 Å². The minimum absolute atomic E-state index is 0.0203. The zero-order valence-electron chi connectivity index (χ0n) is 9.82. The molecule has 4 nitrogen and oxygen atoms in total. The maximum Gasteiger partial charge on any atom is 0.221 e. The Balaban J connectivity index is 2.75. The molecule has 16 heavy (non-hydrogen) atoms. The lowest BCUT2D eigenvalue weighted by molar-refractivity contribution is 0.293. The third-order valence-corrected chi connectivity index (χ3v) is 5.68. The topological polar surface area (TPSA) is 72.2 Å². The van der Waals surface area contributed by atoms with Gasteiger partial charge in [0.15, 0.2) is 0 Å². The van der Waals surface area contributed by atoms with E-state index in [1.54, 1.807) is 0 Å². The molecule has 0 heterocycles. The molecule has 0 saturated heterocycles. The highest BCUT2D eigenvalue weighted by atomic mass is 32.2. The second kappa shape index (κ2) is 4.98. The Morgan fingerprint density at radius 3 is 2.31 bits per heavy atom. The van der Waals surface area contributed by atoms with Crippen molar-refractivity contribution in [1.29, 1.82) is 0 Å². The average molecular weight is 264 g/mol. The highest BCUT2D eigenvalue weighted by molar-refractivity contribution is 7.93. The monoisotopic (exact) mass is 264 g/mol. The maximum absolute atomic E-state index is 12.0. The maximum atomic E-state index is 12.0. The second-order valence-electron chi connectivity index (χ2n) is 4.81. The van der Waals surface area contributed by atoms with Gasteiger partial charge >= 0.3 is 0 Å². The van der Waals surface area contributed by atoms with Crippen molar-refractivity contribution in [1.82, 2.24) is 4.72 Å². The molecule has 1 saturated carbocycles. The van der Waals surface area contributed by atoms with Gasteiger partial charge in [0, 0.05) is 5.54 Å². The van der Waals surface area contributed by atoms with Crippen LogP contribution in [0.25, 0.3) is 0 Å². The largest absolute Gasteiger partial charge is 0.392 e. The summed E-state index contributed by atoms with van der Waals surface area (Å²) < 4.78 is 26.7. The average Bonchev–Trinajstić information content (AvgIpc) is 2.15. The number of hydrogen-bond acceptors (Lipinski definition) is 3. The molecule has 3 N–H and O–H groups in total. The summed E-state index contributed by atoms with van der Waals surface area (Å²) in [6, 6.07) is 0. The van der Waals surface area contributed by atoms with Crippen LogP contribution in [0.5, 0.6) is 0 Å². The second-order valence-corrected chi connectivity index (χ2v) is 7.29. The molecule has 0 aromatic carbocycles. The first kappa shape index (κ1) is 13.9. The van der Waals surface area contributed by atoms with Crippen LogP contribution in [0.2, 0.25) is 0 Å². The number of sulfonamides is 1. The molecule has 1 rings (SSSR count). The Morgan fingerprint density at radius 1 is 1.38 bits per heavy atom. The summed E-state index contributed by atoms with van der Waals surface area (Å²) in [5.41, 5.74) is 5.06. The van der Waals surface area contributed by atoms with Crippen LogP contribution >= 0.6 is 12.2 Å². The highest BCUT2D eigenvalue weighted by Gasteiger charge is 2.34. The van der Waals surface area contributed by atoms with Crippen LogP contribution in [0.4, 0.5) is 0 Å². The standard InChI is InChI=1S/C10H20N2O2S2/c1-8(9(11)15)16(13,14)12-10(2)6-4-3-5-7-10/h8,12H,3-7H2,1-2H3,(H2,11,15). The van der Waals surface area contributed by atoms with Gasteiger partial charge in [0.1, 0.15) is 5.25 Å². The van der Waals surface area contributed by atoms with Crippen molar-refractivity contribution >= 4 is 27.2 Å². The lowest BCUT2D eigenvalue weighted by Gasteiger charge is -2.35. The summed E-state index contributed by atoms with van der Waals surface area (Å²) in [6.07, 6.45) is 5.09. The summed E-state index contributed by atoms with van der Waals surface area (Å²) in [7, 11) is -3.43. The van der Waals surface area contributed by atoms with Crippen molar-refractivity contribution in [3.63, 3.8) is 0 Å². The molecule has 0 aromatic rings. The number of thiocarbonyl (C=S) groups is 1. The molecule has 0 spiro atoms. The minimum Gasteiger partial charge on any atom is -0.392 e. The fraction of sp³-hybridized carbons (Fsp3) is 0.900. The molecule has 1 aliphatic carbocycles. The van der Waals surface area contributed by atoms with Crippen molar-refractivity contribution in [2.45, 2.75) is 56.7 Å². The number of nitrogens with two attached hydrogens (primary N) is 1. The van der Waals surface area contributed by atoms with Crippen LogP contribution in [0.3, 0.4) is 0 Å². The molecule has 1 fully saturated rings. The molecule has 0 bridgehead atoms. The summed E-state index contributed by atoms with van der Waals surface area (Å²) in [6.45, 7) is 3.48. The van der Waals surface area contributed by atoms with E-state index in [-0.39, 0.29) is 10.5 Å². The van der Waals surface area contributed by atoms with E-state index >= 15 is 0 Å². The van der Waals surface area contributed by atoms with Crippen LogP contribution in [0, 0.1) is 0 Å². The molecule has 94 valence electrons. The van der Waals surface area contributed by atoms with Gasteiger partial charge in [-0.05, 0) is 26.7 Å². The summed E-state index contributed by atoms with van der Waals surface area (Å²) in [5, 5.41) is -0.804. The van der Waals surface area contributed by atoms with E-state index in [1.807, 2.05) is 6.92 Å². The zero-order chi connectivity index (χ0) is 12.4. The molecule has 0 aliphatic heterocycles. The van der Waals surface area contributed by atoms with Gasteiger partial charge in [-0.25, -0.2) is 13.1 Å². The van der Waals surface area contributed by atoms with E-state index < -0.39 is 15.3 Å². The molecule has 6 heteroatoms. The third kappa shape index (κ3) is 3.40. The van der Waals surface area contributed by atoms with Gasteiger partial charge in [0.2, 0.25) is 10.0 Å². The fourth-order valence-corrected chi connectivity index (χ4v) is 3.77. The van der Waals surface area contributed by atoms with Gasteiger partial charge < -0.3 is 5.73 Å². The molecular formula is C10H20N2O2S2. The Kier molecular flexibility index (Phi) is 4.31. The van der Waals surface area contributed by atoms with Crippen LogP contribution < -0.4 is 10.5 Å². The van der Waals surface area contributed by atoms with Crippen molar-refractivity contribution in [3.8, 4) is 0 Å². The predicted octanol–water partition coefficient (Wildman–Crippen LogP) is 1.30. The van der Waals surface area contributed by atoms with E-state index in [0.717, 1.165) is 25.7 Å². The smallest absolute Gasteiger partial charge is 0.221 e. The van der Waals surface area contributed by atoms with Gasteiger partial charge in [-0.3, -0.25) is 0 Å². The third-order valence-electron chi connectivity index (χ3n) is 3.21. The first-order chi connectivity index (χ1) is 7.27. The Hall–Kier alpha value is -0.200. The van der Waals surface area contributed by atoms with E-state index in [9.17, 15) is 8.42 Å². The Morgan fingerprint density at radius 2 is 1.88 bits per heavy atom.